The third-order valence-corrected chi connectivity index (χ3v) is 5.57. The number of tetrazole rings is 1. The summed E-state index contributed by atoms with van der Waals surface area (Å²) in [6.07, 6.45) is 2.25. The Morgan fingerprint density at radius 2 is 1.79 bits per heavy atom. The molecule has 5 aromatic rings. The van der Waals surface area contributed by atoms with E-state index in [9.17, 15) is 4.79 Å². The van der Waals surface area contributed by atoms with Crippen LogP contribution in [-0.2, 0) is 12.8 Å². The maximum atomic E-state index is 13.2. The number of aromatic nitrogens is 7. The van der Waals surface area contributed by atoms with Crippen LogP contribution in [0.5, 0.6) is 0 Å². The van der Waals surface area contributed by atoms with Crippen molar-refractivity contribution >= 4 is 18.1 Å². The maximum absolute atomic E-state index is 13.2. The van der Waals surface area contributed by atoms with Crippen molar-refractivity contribution in [3.05, 3.63) is 87.5 Å². The molecule has 0 radical (unpaired) electrons. The summed E-state index contributed by atoms with van der Waals surface area (Å²) in [5.74, 6) is 0.558. The highest BCUT2D eigenvalue weighted by Crippen LogP contribution is 2.30. The quantitative estimate of drug-likeness (QED) is 0.395. The summed E-state index contributed by atoms with van der Waals surface area (Å²) in [5.41, 5.74) is 7.23. The van der Waals surface area contributed by atoms with Gasteiger partial charge in [-0.1, -0.05) is 61.9 Å². The third kappa shape index (κ3) is 4.29. The fourth-order valence-corrected chi connectivity index (χ4v) is 4.06. The highest BCUT2D eigenvalue weighted by molar-refractivity contribution is 5.85. The van der Waals surface area contributed by atoms with E-state index in [0.29, 0.717) is 17.9 Å². The summed E-state index contributed by atoms with van der Waals surface area (Å²) in [7, 11) is 0. The first-order chi connectivity index (χ1) is 15.6. The Labute approximate surface area is 196 Å². The number of hydrogen-bond acceptors (Lipinski definition) is 5. The molecule has 5 rings (SSSR count). The summed E-state index contributed by atoms with van der Waals surface area (Å²) < 4.78 is 1.54. The molecule has 0 unspecified atom stereocenters. The van der Waals surface area contributed by atoms with Gasteiger partial charge in [0.2, 0.25) is 5.82 Å². The van der Waals surface area contributed by atoms with Gasteiger partial charge >= 0.3 is 0 Å². The summed E-state index contributed by atoms with van der Waals surface area (Å²) in [6.45, 7) is 4.03. The van der Waals surface area contributed by atoms with Crippen LogP contribution >= 0.6 is 12.4 Å². The minimum atomic E-state index is -0.0296. The normalized spacial score (nSPS) is 11.0. The number of nitrogens with one attached hydrogen (secondary N) is 2. The van der Waals surface area contributed by atoms with Crippen molar-refractivity contribution in [3.8, 4) is 22.5 Å². The molecular weight excluding hydrogens is 438 g/mol. The summed E-state index contributed by atoms with van der Waals surface area (Å²) >= 11 is 0. The van der Waals surface area contributed by atoms with Gasteiger partial charge in [-0.3, -0.25) is 9.89 Å². The van der Waals surface area contributed by atoms with Crippen LogP contribution in [0.4, 0.5) is 0 Å². The number of aromatic amines is 2. The van der Waals surface area contributed by atoms with E-state index in [1.54, 1.807) is 4.52 Å². The van der Waals surface area contributed by atoms with Gasteiger partial charge in [0.05, 0.1) is 5.69 Å². The average molecular weight is 462 g/mol. The molecule has 0 saturated heterocycles. The topological polar surface area (TPSA) is 105 Å². The molecule has 0 aliphatic rings. The van der Waals surface area contributed by atoms with Crippen molar-refractivity contribution in [2.24, 2.45) is 0 Å². The van der Waals surface area contributed by atoms with Crippen LogP contribution in [0.1, 0.15) is 35.9 Å². The second kappa shape index (κ2) is 9.38. The van der Waals surface area contributed by atoms with Crippen LogP contribution in [0.15, 0.2) is 59.4 Å². The molecule has 0 fully saturated rings. The highest BCUT2D eigenvalue weighted by atomic mass is 35.5. The lowest BCUT2D eigenvalue weighted by Crippen LogP contribution is -2.23. The van der Waals surface area contributed by atoms with Gasteiger partial charge in [-0.25, -0.2) is 9.50 Å². The Balaban J connectivity index is 0.00000259. The predicted molar refractivity (Wildman–Crippen MR) is 130 cm³/mol. The van der Waals surface area contributed by atoms with Crippen molar-refractivity contribution < 1.29 is 0 Å². The van der Waals surface area contributed by atoms with Gasteiger partial charge in [0, 0.05) is 29.3 Å². The molecule has 8 nitrogen and oxygen atoms in total. The van der Waals surface area contributed by atoms with E-state index in [-0.39, 0.29) is 18.0 Å². The Bertz CT molecular complexity index is 1440. The lowest BCUT2D eigenvalue weighted by molar-refractivity contribution is 0.804. The summed E-state index contributed by atoms with van der Waals surface area (Å²) in [6, 6.07) is 18.1. The Morgan fingerprint density at radius 1 is 1.03 bits per heavy atom. The van der Waals surface area contributed by atoms with Gasteiger partial charge in [0.25, 0.3) is 5.56 Å². The van der Waals surface area contributed by atoms with E-state index in [2.05, 4.69) is 56.9 Å². The molecule has 168 valence electrons. The fraction of sp³-hybridized carbons (Fsp3) is 0.208. The zero-order valence-electron chi connectivity index (χ0n) is 18.4. The Morgan fingerprint density at radius 3 is 2.48 bits per heavy atom. The molecule has 2 aromatic carbocycles. The molecule has 0 aliphatic carbocycles. The number of hydrogen-bond donors (Lipinski definition) is 2. The van der Waals surface area contributed by atoms with Crippen molar-refractivity contribution in [2.75, 3.05) is 0 Å². The van der Waals surface area contributed by atoms with E-state index >= 15 is 0 Å². The number of H-pyrrole nitrogens is 2. The molecule has 0 saturated carbocycles. The third-order valence-electron chi connectivity index (χ3n) is 5.57. The molecule has 3 aromatic heterocycles. The highest BCUT2D eigenvalue weighted by Gasteiger charge is 2.15. The van der Waals surface area contributed by atoms with E-state index < -0.39 is 0 Å². The van der Waals surface area contributed by atoms with Crippen LogP contribution in [0, 0.1) is 6.92 Å². The van der Waals surface area contributed by atoms with Crippen LogP contribution in [0.3, 0.4) is 0 Å². The first-order valence-electron chi connectivity index (χ1n) is 10.7. The second-order valence-corrected chi connectivity index (χ2v) is 7.88. The van der Waals surface area contributed by atoms with Crippen LogP contribution < -0.4 is 5.56 Å². The van der Waals surface area contributed by atoms with Gasteiger partial charge in [-0.05, 0) is 35.2 Å². The molecular formula is C24H24ClN7O. The molecule has 2 N–H and O–H groups in total. The van der Waals surface area contributed by atoms with E-state index in [1.165, 1.54) is 0 Å². The monoisotopic (exact) mass is 461 g/mol. The maximum Gasteiger partial charge on any atom is 0.276 e. The molecule has 9 heteroatoms. The number of rotatable bonds is 6. The van der Waals surface area contributed by atoms with Crippen LogP contribution in [-0.4, -0.2) is 35.2 Å². The van der Waals surface area contributed by atoms with Gasteiger partial charge < -0.3 is 0 Å². The van der Waals surface area contributed by atoms with Crippen molar-refractivity contribution in [1.29, 1.82) is 0 Å². The number of fused-ring (bicyclic) bond motifs is 1. The van der Waals surface area contributed by atoms with E-state index in [1.807, 2.05) is 37.3 Å². The Kier molecular flexibility index (Phi) is 6.37. The summed E-state index contributed by atoms with van der Waals surface area (Å²) in [4.78, 5) is 17.9. The van der Waals surface area contributed by atoms with Gasteiger partial charge in [0.1, 0.15) is 0 Å². The standard InChI is InChI=1S/C24H23N7O.ClH/c1-3-6-21-20(24(32)31-22(25-21)13-15(2)28-31)14-16-9-11-17(12-10-16)18-7-4-5-8-19(18)23-26-29-30-27-23;/h4-5,7-13,28H,3,6,14H2,1-2H3,(H,26,27,29,30);1H. The number of aryl methyl sites for hydroxylation is 2. The molecule has 0 bridgehead atoms. The van der Waals surface area contributed by atoms with Crippen molar-refractivity contribution in [2.45, 2.75) is 33.1 Å². The smallest absolute Gasteiger partial charge is 0.276 e. The predicted octanol–water partition coefficient (Wildman–Crippen LogP) is 4.14. The van der Waals surface area contributed by atoms with Crippen molar-refractivity contribution in [3.63, 3.8) is 0 Å². The lowest BCUT2D eigenvalue weighted by Gasteiger charge is -2.10. The minimum absolute atomic E-state index is 0. The Hall–Kier alpha value is -3.78. The number of benzene rings is 2. The van der Waals surface area contributed by atoms with Gasteiger partial charge in [-0.15, -0.1) is 22.6 Å². The molecule has 0 atom stereocenters. The average Bonchev–Trinajstić information content (AvgIpc) is 3.47. The second-order valence-electron chi connectivity index (χ2n) is 7.88. The number of halogens is 1. The summed E-state index contributed by atoms with van der Waals surface area (Å²) in [5, 5.41) is 17.5. The molecule has 3 heterocycles. The zero-order chi connectivity index (χ0) is 22.1. The van der Waals surface area contributed by atoms with E-state index in [0.717, 1.165) is 52.0 Å². The van der Waals surface area contributed by atoms with Gasteiger partial charge in [0.15, 0.2) is 5.65 Å². The zero-order valence-corrected chi connectivity index (χ0v) is 19.2. The van der Waals surface area contributed by atoms with Crippen LogP contribution in [0.2, 0.25) is 0 Å². The molecule has 0 spiro atoms. The minimum Gasteiger partial charge on any atom is -0.294 e. The molecule has 0 amide bonds. The van der Waals surface area contributed by atoms with E-state index in [4.69, 9.17) is 4.98 Å². The first kappa shape index (κ1) is 22.4. The van der Waals surface area contributed by atoms with Crippen LogP contribution in [0.25, 0.3) is 28.2 Å². The number of nitrogens with zero attached hydrogens (tertiary/aromatic N) is 5. The first-order valence-corrected chi connectivity index (χ1v) is 10.7. The SMILES string of the molecule is CCCc1nc2cc(C)[nH]n2c(=O)c1Cc1ccc(-c2ccccc2-c2nn[nH]n2)cc1.Cl. The lowest BCUT2D eigenvalue weighted by atomic mass is 9.96. The van der Waals surface area contributed by atoms with Gasteiger partial charge in [-0.2, -0.15) is 5.21 Å². The van der Waals surface area contributed by atoms with Crippen molar-refractivity contribution in [1.82, 2.24) is 35.2 Å². The molecule has 0 aliphatic heterocycles. The fourth-order valence-electron chi connectivity index (χ4n) is 4.06. The molecule has 33 heavy (non-hydrogen) atoms. The largest absolute Gasteiger partial charge is 0.294 e.